The van der Waals surface area contributed by atoms with Crippen LogP contribution in [0.5, 0.6) is 0 Å². The van der Waals surface area contributed by atoms with Crippen LogP contribution in [0, 0.1) is 12.8 Å². The highest BCUT2D eigenvalue weighted by Gasteiger charge is 2.29. The van der Waals surface area contributed by atoms with Gasteiger partial charge in [-0.2, -0.15) is 4.31 Å². The first-order valence-corrected chi connectivity index (χ1v) is 15.0. The van der Waals surface area contributed by atoms with E-state index in [9.17, 15) is 13.2 Å². The minimum absolute atomic E-state index is 0. The predicted octanol–water partition coefficient (Wildman–Crippen LogP) is 5.44. The van der Waals surface area contributed by atoms with Crippen molar-refractivity contribution in [3.8, 4) is 0 Å². The Labute approximate surface area is 230 Å². The highest BCUT2D eigenvalue weighted by Crippen LogP contribution is 2.32. The van der Waals surface area contributed by atoms with E-state index in [1.54, 1.807) is 33.5 Å². The molecule has 1 aromatic heterocycles. The first kappa shape index (κ1) is 29.5. The maximum atomic E-state index is 13.7. The molecule has 0 saturated carbocycles. The lowest BCUT2D eigenvalue weighted by molar-refractivity contribution is 0.0983. The van der Waals surface area contributed by atoms with Gasteiger partial charge in [0, 0.05) is 31.7 Å². The van der Waals surface area contributed by atoms with Gasteiger partial charge in [0.15, 0.2) is 5.13 Å². The van der Waals surface area contributed by atoms with Crippen LogP contribution in [0.3, 0.4) is 0 Å². The van der Waals surface area contributed by atoms with Crippen molar-refractivity contribution < 1.29 is 13.2 Å². The Bertz CT molecular complexity index is 1310. The summed E-state index contributed by atoms with van der Waals surface area (Å²) in [5, 5.41) is 0.662. The van der Waals surface area contributed by atoms with Crippen LogP contribution in [-0.2, 0) is 10.0 Å². The number of carbonyl (C=O) groups is 1. The average Bonchev–Trinajstić information content (AvgIpc) is 3.32. The summed E-state index contributed by atoms with van der Waals surface area (Å²) in [6.45, 7) is 12.5. The van der Waals surface area contributed by atoms with Crippen molar-refractivity contribution in [2.75, 3.05) is 44.2 Å². The lowest BCUT2D eigenvalue weighted by Gasteiger charge is -2.30. The molecule has 0 spiro atoms. The van der Waals surface area contributed by atoms with Crippen molar-refractivity contribution in [2.24, 2.45) is 5.92 Å². The molecule has 7 nitrogen and oxygen atoms in total. The number of likely N-dealkylation sites (N-methyl/N-ethyl adjacent to an activating group) is 1. The molecular weight excluding hydrogens is 528 g/mol. The fraction of sp³-hybridized carbons (Fsp3) is 0.481. The molecule has 4 rings (SSSR count). The number of hydrogen-bond donors (Lipinski definition) is 0. The van der Waals surface area contributed by atoms with Crippen LogP contribution in [0.4, 0.5) is 5.13 Å². The fourth-order valence-electron chi connectivity index (χ4n) is 4.69. The molecule has 1 unspecified atom stereocenters. The Morgan fingerprint density at radius 2 is 1.81 bits per heavy atom. The third-order valence-electron chi connectivity index (χ3n) is 6.98. The molecule has 1 fully saturated rings. The minimum Gasteiger partial charge on any atom is -0.302 e. The highest BCUT2D eigenvalue weighted by molar-refractivity contribution is 7.89. The van der Waals surface area contributed by atoms with Crippen LogP contribution >= 0.6 is 23.7 Å². The molecule has 2 heterocycles. The minimum atomic E-state index is -3.57. The summed E-state index contributed by atoms with van der Waals surface area (Å²) >= 11 is 1.51. The Morgan fingerprint density at radius 3 is 2.43 bits per heavy atom. The Morgan fingerprint density at radius 1 is 1.11 bits per heavy atom. The van der Waals surface area contributed by atoms with E-state index in [2.05, 4.69) is 25.7 Å². The number of carbonyl (C=O) groups excluding carboxylic acids is 1. The van der Waals surface area contributed by atoms with Crippen LogP contribution in [0.2, 0.25) is 0 Å². The molecule has 1 saturated heterocycles. The Hall–Kier alpha value is -2.04. The number of amides is 1. The molecule has 3 aromatic rings. The molecule has 1 amide bonds. The molecule has 0 bridgehead atoms. The first-order valence-electron chi connectivity index (χ1n) is 12.7. The zero-order chi connectivity index (χ0) is 25.9. The van der Waals surface area contributed by atoms with E-state index in [-0.39, 0.29) is 23.2 Å². The molecule has 37 heavy (non-hydrogen) atoms. The summed E-state index contributed by atoms with van der Waals surface area (Å²) in [6, 6.07) is 12.4. The lowest BCUT2D eigenvalue weighted by atomic mass is 10.0. The Kier molecular flexibility index (Phi) is 10.1. The monoisotopic (exact) mass is 564 g/mol. The number of piperidine rings is 1. The first-order chi connectivity index (χ1) is 17.2. The molecule has 1 aliphatic rings. The molecule has 1 atom stereocenters. The number of benzene rings is 2. The SMILES string of the molecule is CCN(CC)CCN(C(=O)c1ccc(S(=O)(=O)N2CCCC(C)C2)cc1)c1nc2c(C)cccc2s1.Cl. The van der Waals surface area contributed by atoms with Crippen LogP contribution < -0.4 is 4.90 Å². The summed E-state index contributed by atoms with van der Waals surface area (Å²) in [7, 11) is -3.57. The number of rotatable bonds is 9. The number of nitrogens with zero attached hydrogens (tertiary/aromatic N) is 4. The second-order valence-electron chi connectivity index (χ2n) is 9.54. The van der Waals surface area contributed by atoms with E-state index in [1.165, 1.54) is 11.3 Å². The zero-order valence-electron chi connectivity index (χ0n) is 22.0. The number of para-hydroxylation sites is 1. The van der Waals surface area contributed by atoms with Crippen LogP contribution in [0.1, 0.15) is 49.5 Å². The van der Waals surface area contributed by atoms with Gasteiger partial charge in [-0.3, -0.25) is 9.69 Å². The molecule has 2 aromatic carbocycles. The third-order valence-corrected chi connectivity index (χ3v) is 9.90. The average molecular weight is 565 g/mol. The van der Waals surface area contributed by atoms with E-state index in [0.717, 1.165) is 48.3 Å². The molecule has 202 valence electrons. The van der Waals surface area contributed by atoms with E-state index < -0.39 is 10.0 Å². The highest BCUT2D eigenvalue weighted by atomic mass is 35.5. The van der Waals surface area contributed by atoms with Crippen molar-refractivity contribution in [3.05, 3.63) is 53.6 Å². The standard InChI is InChI=1S/C27H36N4O3S2.ClH/c1-5-29(6-2)17-18-31(27-28-25-21(4)10-7-11-24(25)35-27)26(32)22-12-14-23(15-13-22)36(33,34)30-16-8-9-20(3)19-30;/h7,10-15,20H,5-6,8-9,16-19H2,1-4H3;1H. The zero-order valence-corrected chi connectivity index (χ0v) is 24.5. The smallest absolute Gasteiger partial charge is 0.260 e. The maximum Gasteiger partial charge on any atom is 0.260 e. The second kappa shape index (κ2) is 12.7. The number of sulfonamides is 1. The molecule has 1 aliphatic heterocycles. The molecule has 10 heteroatoms. The van der Waals surface area contributed by atoms with Gasteiger partial charge in [-0.1, -0.05) is 44.2 Å². The van der Waals surface area contributed by atoms with Crippen LogP contribution in [0.15, 0.2) is 47.4 Å². The van der Waals surface area contributed by atoms with Gasteiger partial charge in [0.1, 0.15) is 0 Å². The predicted molar refractivity (Wildman–Crippen MR) is 155 cm³/mol. The second-order valence-corrected chi connectivity index (χ2v) is 12.5. The van der Waals surface area contributed by atoms with Gasteiger partial charge in [-0.05, 0) is 74.7 Å². The van der Waals surface area contributed by atoms with Crippen molar-refractivity contribution in [2.45, 2.75) is 45.4 Å². The summed E-state index contributed by atoms with van der Waals surface area (Å²) in [6.07, 6.45) is 1.92. The summed E-state index contributed by atoms with van der Waals surface area (Å²) in [4.78, 5) is 22.8. The van der Waals surface area contributed by atoms with E-state index >= 15 is 0 Å². The van der Waals surface area contributed by atoms with E-state index in [4.69, 9.17) is 4.98 Å². The Balaban J connectivity index is 0.00000380. The van der Waals surface area contributed by atoms with Gasteiger partial charge in [0.25, 0.3) is 5.91 Å². The van der Waals surface area contributed by atoms with Gasteiger partial charge in [0.05, 0.1) is 15.1 Å². The summed E-state index contributed by atoms with van der Waals surface area (Å²) in [5.41, 5.74) is 2.44. The lowest BCUT2D eigenvalue weighted by Crippen LogP contribution is -2.39. The van der Waals surface area contributed by atoms with Gasteiger partial charge >= 0.3 is 0 Å². The number of thiazole rings is 1. The van der Waals surface area contributed by atoms with Gasteiger partial charge in [0.2, 0.25) is 10.0 Å². The number of hydrogen-bond acceptors (Lipinski definition) is 6. The molecule has 0 aliphatic carbocycles. The number of anilines is 1. The van der Waals surface area contributed by atoms with Crippen molar-refractivity contribution in [3.63, 3.8) is 0 Å². The maximum absolute atomic E-state index is 13.7. The van der Waals surface area contributed by atoms with Gasteiger partial charge in [-0.15, -0.1) is 12.4 Å². The molecule has 0 N–H and O–H groups in total. The molecular formula is C27H37ClN4O3S2. The van der Waals surface area contributed by atoms with Crippen LogP contribution in [0.25, 0.3) is 10.2 Å². The number of halogens is 1. The number of aryl methyl sites for hydroxylation is 1. The van der Waals surface area contributed by atoms with E-state index in [0.29, 0.717) is 36.2 Å². The van der Waals surface area contributed by atoms with Crippen molar-refractivity contribution in [1.29, 1.82) is 0 Å². The van der Waals surface area contributed by atoms with Crippen molar-refractivity contribution in [1.82, 2.24) is 14.2 Å². The van der Waals surface area contributed by atoms with Crippen molar-refractivity contribution >= 4 is 55.0 Å². The topological polar surface area (TPSA) is 73.8 Å². The normalized spacial score (nSPS) is 16.6. The molecule has 0 radical (unpaired) electrons. The summed E-state index contributed by atoms with van der Waals surface area (Å²) in [5.74, 6) is 0.181. The quantitative estimate of drug-likeness (QED) is 0.346. The van der Waals surface area contributed by atoms with Gasteiger partial charge < -0.3 is 4.90 Å². The number of aromatic nitrogens is 1. The van der Waals surface area contributed by atoms with Gasteiger partial charge in [-0.25, -0.2) is 13.4 Å². The van der Waals surface area contributed by atoms with Crippen LogP contribution in [-0.4, -0.2) is 67.8 Å². The number of fused-ring (bicyclic) bond motifs is 1. The summed E-state index contributed by atoms with van der Waals surface area (Å²) < 4.78 is 28.9. The fourth-order valence-corrected chi connectivity index (χ4v) is 7.36. The van der Waals surface area contributed by atoms with E-state index in [1.807, 2.05) is 25.1 Å². The largest absolute Gasteiger partial charge is 0.302 e. The third kappa shape index (κ3) is 6.52.